The second kappa shape index (κ2) is 7.36. The molecule has 4 nitrogen and oxygen atoms in total. The zero-order valence-electron chi connectivity index (χ0n) is 16.1. The molecular weight excluding hydrogens is 462 g/mol. The van der Waals surface area contributed by atoms with E-state index in [0.29, 0.717) is 17.7 Å². The number of benzene rings is 3. The Bertz CT molecular complexity index is 1210. The van der Waals surface area contributed by atoms with Crippen LogP contribution >= 0.6 is 15.9 Å². The van der Waals surface area contributed by atoms with Gasteiger partial charge in [0.05, 0.1) is 10.6 Å². The summed E-state index contributed by atoms with van der Waals surface area (Å²) in [5, 5.41) is 4.35. The summed E-state index contributed by atoms with van der Waals surface area (Å²) >= 11 is 3.51. The van der Waals surface area contributed by atoms with E-state index in [1.807, 2.05) is 60.7 Å². The maximum Gasteiger partial charge on any atom is 0.188 e. The van der Waals surface area contributed by atoms with Gasteiger partial charge in [0.25, 0.3) is 0 Å². The van der Waals surface area contributed by atoms with Crippen molar-refractivity contribution in [2.75, 3.05) is 0 Å². The Morgan fingerprint density at radius 3 is 2.30 bits per heavy atom. The molecule has 5 rings (SSSR count). The zero-order valence-corrected chi connectivity index (χ0v) is 18.5. The summed E-state index contributed by atoms with van der Waals surface area (Å²) in [5.41, 5.74) is 2.58. The number of rotatable bonds is 4. The Balaban J connectivity index is 1.62. The first-order valence-electron chi connectivity index (χ1n) is 9.86. The predicted molar refractivity (Wildman–Crippen MR) is 120 cm³/mol. The highest BCUT2D eigenvalue weighted by Gasteiger charge is 2.59. The summed E-state index contributed by atoms with van der Waals surface area (Å²) in [5.74, 6) is -0.0852. The van der Waals surface area contributed by atoms with E-state index in [9.17, 15) is 8.42 Å². The fourth-order valence-corrected chi connectivity index (χ4v) is 7.30. The summed E-state index contributed by atoms with van der Waals surface area (Å²) < 4.78 is 27.9. The molecule has 3 aromatic carbocycles. The van der Waals surface area contributed by atoms with Crippen molar-refractivity contribution < 1.29 is 13.3 Å². The summed E-state index contributed by atoms with van der Waals surface area (Å²) in [6.45, 7) is 0. The first-order valence-corrected chi connectivity index (χ1v) is 12.1. The molecule has 0 bridgehead atoms. The van der Waals surface area contributed by atoms with Crippen LogP contribution in [0.3, 0.4) is 0 Å². The standard InChI is InChI=1S/C24H20BrNO3S/c25-19-11-7-8-17(14-19)23-21-15-24(16-22(21)29-26-23,18-9-3-1-4-10-18)30(27,28)20-12-5-2-6-13-20/h1-14,21-22H,15-16H2/t21-,22+,24-/m1/s1. The van der Waals surface area contributed by atoms with Gasteiger partial charge in [0.15, 0.2) is 9.84 Å². The van der Waals surface area contributed by atoms with Gasteiger partial charge in [0.2, 0.25) is 0 Å². The lowest BCUT2D eigenvalue weighted by molar-refractivity contribution is 0.0723. The lowest BCUT2D eigenvalue weighted by Gasteiger charge is -2.30. The van der Waals surface area contributed by atoms with E-state index in [0.717, 1.165) is 21.3 Å². The topological polar surface area (TPSA) is 55.7 Å². The van der Waals surface area contributed by atoms with Crippen molar-refractivity contribution in [2.45, 2.75) is 28.6 Å². The molecule has 2 aliphatic rings. The number of hydrogen-bond acceptors (Lipinski definition) is 4. The van der Waals surface area contributed by atoms with Crippen molar-refractivity contribution in [2.24, 2.45) is 11.1 Å². The molecule has 0 spiro atoms. The first kappa shape index (κ1) is 19.5. The van der Waals surface area contributed by atoms with E-state index in [2.05, 4.69) is 21.1 Å². The monoisotopic (exact) mass is 481 g/mol. The van der Waals surface area contributed by atoms with Gasteiger partial charge in [-0.25, -0.2) is 8.42 Å². The van der Waals surface area contributed by atoms with E-state index in [1.54, 1.807) is 24.3 Å². The lowest BCUT2D eigenvalue weighted by atomic mass is 9.91. The van der Waals surface area contributed by atoms with Crippen molar-refractivity contribution in [3.8, 4) is 0 Å². The van der Waals surface area contributed by atoms with Gasteiger partial charge in [-0.1, -0.05) is 81.7 Å². The van der Waals surface area contributed by atoms with Gasteiger partial charge in [0.1, 0.15) is 10.9 Å². The molecule has 0 unspecified atom stereocenters. The molecule has 6 heteroatoms. The van der Waals surface area contributed by atoms with Gasteiger partial charge in [-0.15, -0.1) is 0 Å². The third kappa shape index (κ3) is 3.01. The number of sulfone groups is 1. The maximum atomic E-state index is 14.0. The van der Waals surface area contributed by atoms with Gasteiger partial charge in [-0.3, -0.25) is 0 Å². The molecule has 1 aliphatic heterocycles. The van der Waals surface area contributed by atoms with Crippen LogP contribution in [0.1, 0.15) is 24.0 Å². The molecule has 1 aliphatic carbocycles. The average Bonchev–Trinajstić information content (AvgIpc) is 3.34. The molecule has 0 saturated heterocycles. The average molecular weight is 482 g/mol. The summed E-state index contributed by atoms with van der Waals surface area (Å²) in [6, 6.07) is 26.2. The second-order valence-electron chi connectivity index (χ2n) is 7.82. The van der Waals surface area contributed by atoms with E-state index in [1.165, 1.54) is 0 Å². The molecular formula is C24H20BrNO3S. The van der Waals surface area contributed by atoms with Crippen molar-refractivity contribution in [3.05, 3.63) is 101 Å². The fraction of sp³-hybridized carbons (Fsp3) is 0.208. The smallest absolute Gasteiger partial charge is 0.188 e. The van der Waals surface area contributed by atoms with E-state index >= 15 is 0 Å². The molecule has 3 atom stereocenters. The Labute approximate surface area is 184 Å². The van der Waals surface area contributed by atoms with Crippen molar-refractivity contribution in [3.63, 3.8) is 0 Å². The van der Waals surface area contributed by atoms with Crippen LogP contribution in [0.25, 0.3) is 0 Å². The number of oxime groups is 1. The number of halogens is 1. The predicted octanol–water partition coefficient (Wildman–Crippen LogP) is 5.33. The Morgan fingerprint density at radius 1 is 0.900 bits per heavy atom. The third-order valence-corrected chi connectivity index (χ3v) is 9.14. The Hall–Kier alpha value is -2.44. The maximum absolute atomic E-state index is 14.0. The van der Waals surface area contributed by atoms with Gasteiger partial charge in [-0.05, 0) is 36.2 Å². The minimum atomic E-state index is -3.65. The van der Waals surface area contributed by atoms with E-state index in [4.69, 9.17) is 4.84 Å². The lowest BCUT2D eigenvalue weighted by Crippen LogP contribution is -2.34. The number of fused-ring (bicyclic) bond motifs is 1. The van der Waals surface area contributed by atoms with Crippen LogP contribution < -0.4 is 0 Å². The molecule has 0 N–H and O–H groups in total. The highest BCUT2D eigenvalue weighted by Crippen LogP contribution is 2.53. The molecule has 0 amide bonds. The molecule has 0 radical (unpaired) electrons. The summed E-state index contributed by atoms with van der Waals surface area (Å²) in [4.78, 5) is 6.14. The van der Waals surface area contributed by atoms with Crippen LogP contribution in [0.2, 0.25) is 0 Å². The van der Waals surface area contributed by atoms with Crippen LogP contribution in [-0.4, -0.2) is 20.2 Å². The molecule has 152 valence electrons. The minimum Gasteiger partial charge on any atom is -0.391 e. The van der Waals surface area contributed by atoms with E-state index < -0.39 is 14.6 Å². The molecule has 1 saturated carbocycles. The fourth-order valence-electron chi connectivity index (χ4n) is 4.70. The van der Waals surface area contributed by atoms with Crippen LogP contribution in [0, 0.1) is 5.92 Å². The molecule has 3 aromatic rings. The van der Waals surface area contributed by atoms with Gasteiger partial charge in [-0.2, -0.15) is 0 Å². The van der Waals surface area contributed by atoms with Gasteiger partial charge >= 0.3 is 0 Å². The van der Waals surface area contributed by atoms with Gasteiger partial charge < -0.3 is 4.84 Å². The summed E-state index contributed by atoms with van der Waals surface area (Å²) in [6.07, 6.45) is 0.544. The first-order chi connectivity index (χ1) is 14.5. The van der Waals surface area contributed by atoms with Crippen LogP contribution in [0.5, 0.6) is 0 Å². The molecule has 1 fully saturated rings. The highest BCUT2D eigenvalue weighted by molar-refractivity contribution is 9.10. The van der Waals surface area contributed by atoms with Gasteiger partial charge in [0, 0.05) is 22.4 Å². The Morgan fingerprint density at radius 2 is 1.60 bits per heavy atom. The second-order valence-corrected chi connectivity index (χ2v) is 11.0. The largest absolute Gasteiger partial charge is 0.391 e. The quantitative estimate of drug-likeness (QED) is 0.505. The number of nitrogens with zero attached hydrogens (tertiary/aromatic N) is 1. The zero-order chi connectivity index (χ0) is 20.8. The van der Waals surface area contributed by atoms with E-state index in [-0.39, 0.29) is 12.0 Å². The third-order valence-electron chi connectivity index (χ3n) is 6.16. The SMILES string of the molecule is O=S(=O)(c1ccccc1)[C@@]1(c2ccccc2)C[C@@H]2ON=C(c3cccc(Br)c3)[C@@H]2C1. The Kier molecular flexibility index (Phi) is 4.79. The highest BCUT2D eigenvalue weighted by atomic mass is 79.9. The van der Waals surface area contributed by atoms with Crippen molar-refractivity contribution in [1.29, 1.82) is 0 Å². The van der Waals surface area contributed by atoms with Crippen LogP contribution in [-0.2, 0) is 19.4 Å². The molecule has 1 heterocycles. The van der Waals surface area contributed by atoms with Crippen molar-refractivity contribution >= 4 is 31.5 Å². The van der Waals surface area contributed by atoms with Crippen molar-refractivity contribution in [1.82, 2.24) is 0 Å². The van der Waals surface area contributed by atoms with Crippen LogP contribution in [0.15, 0.2) is 99.5 Å². The van der Waals surface area contributed by atoms with Crippen LogP contribution in [0.4, 0.5) is 0 Å². The summed E-state index contributed by atoms with van der Waals surface area (Å²) in [7, 11) is -3.65. The minimum absolute atomic E-state index is 0.0852. The number of hydrogen-bond donors (Lipinski definition) is 0. The normalized spacial score (nSPS) is 25.4. The molecule has 0 aromatic heterocycles. The molecule has 30 heavy (non-hydrogen) atoms.